The number of amides is 2. The second-order valence-corrected chi connectivity index (χ2v) is 6.50. The lowest BCUT2D eigenvalue weighted by molar-refractivity contribution is -0.134. The maximum absolute atomic E-state index is 12.7. The van der Waals surface area contributed by atoms with E-state index >= 15 is 0 Å². The molecular weight excluding hydrogens is 312 g/mol. The lowest BCUT2D eigenvalue weighted by Gasteiger charge is -2.29. The summed E-state index contributed by atoms with van der Waals surface area (Å²) in [6.07, 6.45) is 0.287. The molecule has 4 rings (SSSR count). The van der Waals surface area contributed by atoms with Crippen molar-refractivity contribution in [1.29, 1.82) is 0 Å². The molecule has 1 aromatic rings. The van der Waals surface area contributed by atoms with Gasteiger partial charge in [0.15, 0.2) is 11.5 Å². The van der Waals surface area contributed by atoms with E-state index in [1.54, 1.807) is 16.8 Å². The van der Waals surface area contributed by atoms with Gasteiger partial charge in [-0.3, -0.25) is 9.59 Å². The van der Waals surface area contributed by atoms with Crippen LogP contribution >= 0.6 is 0 Å². The summed E-state index contributed by atoms with van der Waals surface area (Å²) < 4.78 is 16.2. The van der Waals surface area contributed by atoms with Crippen molar-refractivity contribution in [3.05, 3.63) is 23.8 Å². The predicted molar refractivity (Wildman–Crippen MR) is 83.7 cm³/mol. The van der Waals surface area contributed by atoms with Gasteiger partial charge in [-0.1, -0.05) is 6.07 Å². The van der Waals surface area contributed by atoms with E-state index in [0.29, 0.717) is 37.8 Å². The Morgan fingerprint density at radius 1 is 1.21 bits per heavy atom. The Balaban J connectivity index is 1.49. The molecule has 0 N–H and O–H groups in total. The lowest BCUT2D eigenvalue weighted by atomic mass is 10.1. The molecule has 2 atom stereocenters. The highest BCUT2D eigenvalue weighted by molar-refractivity contribution is 5.83. The van der Waals surface area contributed by atoms with Gasteiger partial charge in [0.2, 0.25) is 18.6 Å². The number of hydrogen-bond acceptors (Lipinski definition) is 5. The molecule has 0 spiro atoms. The first kappa shape index (κ1) is 15.3. The molecule has 0 unspecified atom stereocenters. The molecule has 24 heavy (non-hydrogen) atoms. The summed E-state index contributed by atoms with van der Waals surface area (Å²) in [4.78, 5) is 28.6. The van der Waals surface area contributed by atoms with E-state index < -0.39 is 0 Å². The summed E-state index contributed by atoms with van der Waals surface area (Å²) in [5.74, 6) is 1.20. The number of carbonyl (C=O) groups excluding carboxylic acids is 2. The van der Waals surface area contributed by atoms with Crippen molar-refractivity contribution in [2.45, 2.75) is 12.5 Å². The maximum atomic E-state index is 12.7. The fraction of sp³-hybridized carbons (Fsp3) is 0.529. The minimum atomic E-state index is -0.275. The fourth-order valence-corrected chi connectivity index (χ4v) is 3.44. The van der Waals surface area contributed by atoms with Crippen LogP contribution in [0.5, 0.6) is 11.5 Å². The van der Waals surface area contributed by atoms with Gasteiger partial charge in [-0.15, -0.1) is 0 Å². The van der Waals surface area contributed by atoms with E-state index in [1.165, 1.54) is 0 Å². The third-order valence-corrected chi connectivity index (χ3v) is 4.89. The molecule has 3 aliphatic heterocycles. The summed E-state index contributed by atoms with van der Waals surface area (Å²) in [6.45, 7) is 2.02. The van der Waals surface area contributed by atoms with Crippen LogP contribution in [0.25, 0.3) is 0 Å². The normalized spacial score (nSPS) is 25.6. The van der Waals surface area contributed by atoms with Crippen molar-refractivity contribution in [1.82, 2.24) is 9.80 Å². The lowest BCUT2D eigenvalue weighted by Crippen LogP contribution is -2.45. The molecule has 1 aromatic carbocycles. The van der Waals surface area contributed by atoms with E-state index in [9.17, 15) is 9.59 Å². The third-order valence-electron chi connectivity index (χ3n) is 4.89. The molecule has 2 bridgehead atoms. The van der Waals surface area contributed by atoms with E-state index in [2.05, 4.69) is 0 Å². The van der Waals surface area contributed by atoms with Crippen molar-refractivity contribution in [2.24, 2.45) is 5.92 Å². The van der Waals surface area contributed by atoms with Crippen LogP contribution in [-0.4, -0.2) is 67.8 Å². The van der Waals surface area contributed by atoms with Crippen molar-refractivity contribution in [3.63, 3.8) is 0 Å². The third kappa shape index (κ3) is 2.69. The van der Waals surface area contributed by atoms with Crippen LogP contribution < -0.4 is 9.47 Å². The van der Waals surface area contributed by atoms with E-state index in [4.69, 9.17) is 14.2 Å². The summed E-state index contributed by atoms with van der Waals surface area (Å²) >= 11 is 0. The number of carbonyl (C=O) groups is 2. The molecule has 128 valence electrons. The molecule has 2 fully saturated rings. The number of ether oxygens (including phenoxy) is 3. The second-order valence-electron chi connectivity index (χ2n) is 6.50. The Labute approximate surface area is 140 Å². The van der Waals surface area contributed by atoms with Crippen LogP contribution in [0.2, 0.25) is 0 Å². The number of fused-ring (bicyclic) bond motifs is 4. The number of nitrogens with zero attached hydrogens (tertiary/aromatic N) is 2. The number of benzene rings is 1. The largest absolute Gasteiger partial charge is 0.454 e. The quantitative estimate of drug-likeness (QED) is 0.778. The van der Waals surface area contributed by atoms with Gasteiger partial charge in [-0.2, -0.15) is 0 Å². The molecular formula is C17H20N2O5. The van der Waals surface area contributed by atoms with Crippen LogP contribution in [0.1, 0.15) is 5.56 Å². The average molecular weight is 332 g/mol. The molecule has 7 heteroatoms. The Kier molecular flexibility index (Phi) is 3.80. The van der Waals surface area contributed by atoms with Gasteiger partial charge in [0.25, 0.3) is 0 Å². The minimum Gasteiger partial charge on any atom is -0.454 e. The van der Waals surface area contributed by atoms with E-state index in [1.807, 2.05) is 18.2 Å². The first-order valence-electron chi connectivity index (χ1n) is 8.12. The van der Waals surface area contributed by atoms with Crippen LogP contribution in [0, 0.1) is 5.92 Å². The number of rotatable bonds is 2. The zero-order valence-electron chi connectivity index (χ0n) is 13.6. The summed E-state index contributed by atoms with van der Waals surface area (Å²) in [5.41, 5.74) is 0.884. The topological polar surface area (TPSA) is 68.3 Å². The average Bonchev–Trinajstić information content (AvgIpc) is 2.92. The van der Waals surface area contributed by atoms with Gasteiger partial charge in [-0.05, 0) is 17.7 Å². The summed E-state index contributed by atoms with van der Waals surface area (Å²) in [5, 5.41) is 0. The minimum absolute atomic E-state index is 0.0221. The Morgan fingerprint density at radius 3 is 2.92 bits per heavy atom. The van der Waals surface area contributed by atoms with Gasteiger partial charge in [0.1, 0.15) is 0 Å². The molecule has 3 aliphatic rings. The summed E-state index contributed by atoms with van der Waals surface area (Å²) in [6, 6.07) is 5.47. The van der Waals surface area contributed by atoms with Gasteiger partial charge in [0.05, 0.1) is 31.6 Å². The fourth-order valence-electron chi connectivity index (χ4n) is 3.44. The Hall–Kier alpha value is -2.28. The van der Waals surface area contributed by atoms with E-state index in [0.717, 1.165) is 5.56 Å². The Bertz CT molecular complexity index is 677. The van der Waals surface area contributed by atoms with Gasteiger partial charge in [-0.25, -0.2) is 0 Å². The van der Waals surface area contributed by atoms with Crippen LogP contribution in [-0.2, 0) is 20.7 Å². The van der Waals surface area contributed by atoms with Gasteiger partial charge >= 0.3 is 0 Å². The van der Waals surface area contributed by atoms with Gasteiger partial charge in [0, 0.05) is 20.1 Å². The van der Waals surface area contributed by atoms with Crippen LogP contribution in [0.3, 0.4) is 0 Å². The molecule has 0 aliphatic carbocycles. The van der Waals surface area contributed by atoms with Crippen LogP contribution in [0.4, 0.5) is 0 Å². The van der Waals surface area contributed by atoms with E-state index in [-0.39, 0.29) is 37.0 Å². The van der Waals surface area contributed by atoms with Crippen molar-refractivity contribution in [3.8, 4) is 11.5 Å². The molecule has 0 radical (unpaired) electrons. The number of hydrogen-bond donors (Lipinski definition) is 0. The molecule has 3 heterocycles. The molecule has 0 saturated carbocycles. The first-order chi connectivity index (χ1) is 11.6. The molecule has 0 aromatic heterocycles. The Morgan fingerprint density at radius 2 is 2.04 bits per heavy atom. The van der Waals surface area contributed by atoms with Crippen molar-refractivity contribution >= 4 is 11.8 Å². The van der Waals surface area contributed by atoms with Crippen LogP contribution in [0.15, 0.2) is 18.2 Å². The van der Waals surface area contributed by atoms with Crippen molar-refractivity contribution < 1.29 is 23.8 Å². The highest BCUT2D eigenvalue weighted by Crippen LogP contribution is 2.32. The maximum Gasteiger partial charge on any atom is 0.231 e. The highest BCUT2D eigenvalue weighted by Gasteiger charge is 2.38. The first-order valence-corrected chi connectivity index (χ1v) is 8.12. The molecule has 2 saturated heterocycles. The standard InChI is InChI=1S/C17H20N2O5/c1-18-13-7-19(6-12(17(18)21)8-22-9-13)16(20)5-11-2-3-14-15(4-11)24-10-23-14/h2-4,12-13H,5-10H2,1H3/t12-,13+/m1/s1. The molecule has 2 amide bonds. The highest BCUT2D eigenvalue weighted by atomic mass is 16.7. The second kappa shape index (κ2) is 5.98. The summed E-state index contributed by atoms with van der Waals surface area (Å²) in [7, 11) is 1.79. The predicted octanol–water partition coefficient (Wildman–Crippen LogP) is 0.273. The molecule has 7 nitrogen and oxygen atoms in total. The smallest absolute Gasteiger partial charge is 0.231 e. The SMILES string of the molecule is CN1C(=O)[C@H]2COC[C@@H]1CN(C(=O)Cc1ccc3c(c1)OCO3)C2. The monoisotopic (exact) mass is 332 g/mol. The zero-order valence-corrected chi connectivity index (χ0v) is 13.6. The van der Waals surface area contributed by atoms with Crippen molar-refractivity contribution in [2.75, 3.05) is 40.1 Å². The zero-order chi connectivity index (χ0) is 16.7. The number of likely N-dealkylation sites (N-methyl/N-ethyl adjacent to an activating group) is 1. The van der Waals surface area contributed by atoms with Gasteiger partial charge < -0.3 is 24.0 Å².